The summed E-state index contributed by atoms with van der Waals surface area (Å²) in [5.74, 6) is 1.03. The largest absolute Gasteiger partial charge is 0.458 e. The maximum Gasteiger partial charge on any atom is 0.251 e. The Bertz CT molecular complexity index is 1270. The number of furan rings is 1. The lowest BCUT2D eigenvalue weighted by Gasteiger charge is -2.06. The fraction of sp³-hybridized carbons (Fsp3) is 0.0870. The third-order valence-electron chi connectivity index (χ3n) is 4.94. The molecule has 0 spiro atoms. The van der Waals surface area contributed by atoms with E-state index in [4.69, 9.17) is 4.42 Å². The molecule has 0 atom stereocenters. The van der Waals surface area contributed by atoms with Gasteiger partial charge in [-0.3, -0.25) is 9.59 Å². The number of hydrogen-bond acceptors (Lipinski definition) is 5. The Morgan fingerprint density at radius 1 is 1.03 bits per heavy atom. The van der Waals surface area contributed by atoms with Gasteiger partial charge >= 0.3 is 0 Å². The first kappa shape index (κ1) is 17.6. The number of hydrogen-bond donors (Lipinski definition) is 1. The average molecular weight is 400 g/mol. The quantitative estimate of drug-likeness (QED) is 0.468. The Kier molecular flexibility index (Phi) is 4.14. The van der Waals surface area contributed by atoms with Gasteiger partial charge in [0.2, 0.25) is 0 Å². The molecule has 4 aromatic rings. The number of fused-ring (bicyclic) bond motifs is 3. The molecule has 6 heteroatoms. The number of nitrogens with zero attached hydrogens (tertiary/aromatic N) is 1. The molecule has 0 fully saturated rings. The van der Waals surface area contributed by atoms with Crippen LogP contribution in [0.25, 0.3) is 22.6 Å². The molecule has 5 nitrogen and oxygen atoms in total. The average Bonchev–Trinajstić information content (AvgIpc) is 3.45. The Labute approximate surface area is 171 Å². The zero-order valence-electron chi connectivity index (χ0n) is 15.6. The molecule has 0 aliphatic heterocycles. The number of carbonyl (C=O) groups excluding carboxylic acids is 2. The van der Waals surface area contributed by atoms with Crippen LogP contribution >= 0.6 is 11.3 Å². The molecule has 0 radical (unpaired) electrons. The van der Waals surface area contributed by atoms with Crippen LogP contribution in [0.2, 0.25) is 0 Å². The van der Waals surface area contributed by atoms with Gasteiger partial charge in [-0.25, -0.2) is 4.98 Å². The third-order valence-corrected chi connectivity index (χ3v) is 5.72. The van der Waals surface area contributed by atoms with Crippen molar-refractivity contribution in [2.45, 2.75) is 13.5 Å². The highest BCUT2D eigenvalue weighted by Gasteiger charge is 2.27. The van der Waals surface area contributed by atoms with E-state index in [1.54, 1.807) is 23.5 Å². The molecule has 29 heavy (non-hydrogen) atoms. The van der Waals surface area contributed by atoms with Crippen molar-refractivity contribution in [2.24, 2.45) is 0 Å². The van der Waals surface area contributed by atoms with Crippen LogP contribution in [0.1, 0.15) is 37.0 Å². The third kappa shape index (κ3) is 3.07. The molecule has 1 aliphatic rings. The number of aromatic nitrogens is 1. The van der Waals surface area contributed by atoms with E-state index in [9.17, 15) is 9.59 Å². The number of benzene rings is 2. The fourth-order valence-corrected chi connectivity index (χ4v) is 4.13. The number of thiazole rings is 1. The summed E-state index contributed by atoms with van der Waals surface area (Å²) in [6, 6.07) is 16.4. The van der Waals surface area contributed by atoms with Crippen LogP contribution in [0.5, 0.6) is 0 Å². The van der Waals surface area contributed by atoms with Crippen molar-refractivity contribution < 1.29 is 14.0 Å². The first-order chi connectivity index (χ1) is 14.1. The van der Waals surface area contributed by atoms with Crippen molar-refractivity contribution in [3.63, 3.8) is 0 Å². The number of ketones is 1. The molecule has 2 heterocycles. The van der Waals surface area contributed by atoms with Gasteiger partial charge in [0.25, 0.3) is 5.91 Å². The van der Waals surface area contributed by atoms with Crippen molar-refractivity contribution >= 4 is 23.0 Å². The first-order valence-corrected chi connectivity index (χ1v) is 10.1. The molecule has 5 rings (SSSR count). The number of amides is 1. The van der Waals surface area contributed by atoms with Gasteiger partial charge in [-0.1, -0.05) is 30.3 Å². The summed E-state index contributed by atoms with van der Waals surface area (Å²) in [5, 5.41) is 5.76. The van der Waals surface area contributed by atoms with Gasteiger partial charge in [-0.15, -0.1) is 11.3 Å². The lowest BCUT2D eigenvalue weighted by Crippen LogP contribution is -2.22. The molecule has 0 saturated heterocycles. The van der Waals surface area contributed by atoms with E-state index < -0.39 is 0 Å². The minimum absolute atomic E-state index is 0.0421. The van der Waals surface area contributed by atoms with E-state index in [2.05, 4.69) is 10.3 Å². The van der Waals surface area contributed by atoms with E-state index in [-0.39, 0.29) is 18.2 Å². The summed E-state index contributed by atoms with van der Waals surface area (Å²) in [4.78, 5) is 29.6. The maximum atomic E-state index is 12.6. The lowest BCUT2D eigenvalue weighted by atomic mass is 10.0. The molecule has 0 saturated carbocycles. The van der Waals surface area contributed by atoms with Crippen molar-refractivity contribution in [1.29, 1.82) is 0 Å². The highest BCUT2D eigenvalue weighted by atomic mass is 32.1. The van der Waals surface area contributed by atoms with Gasteiger partial charge in [0.1, 0.15) is 11.5 Å². The van der Waals surface area contributed by atoms with Crippen LogP contribution in [0.15, 0.2) is 64.4 Å². The Morgan fingerprint density at radius 2 is 1.83 bits per heavy atom. The van der Waals surface area contributed by atoms with Gasteiger partial charge in [0.05, 0.1) is 11.6 Å². The molecular formula is C23H16N2O3S. The summed E-state index contributed by atoms with van der Waals surface area (Å²) < 4.78 is 5.78. The predicted molar refractivity (Wildman–Crippen MR) is 111 cm³/mol. The zero-order chi connectivity index (χ0) is 20.0. The molecule has 0 unspecified atom stereocenters. The molecule has 2 aromatic carbocycles. The standard InChI is InChI=1S/C23H16N2O3S/c1-13-25-20(12-29-13)21-9-7-15(28-21)11-24-23(27)14-6-8-17-16-4-2-3-5-18(16)22(26)19(17)10-14/h2-10,12H,11H2,1H3,(H,24,27). The SMILES string of the molecule is Cc1nc(-c2ccc(CNC(=O)c3ccc4c(c3)C(=O)c3ccccc3-4)o2)cs1. The molecule has 142 valence electrons. The van der Waals surface area contributed by atoms with Crippen molar-refractivity contribution in [3.8, 4) is 22.6 Å². The van der Waals surface area contributed by atoms with E-state index in [1.165, 1.54) is 0 Å². The second-order valence-corrected chi connectivity index (χ2v) is 7.90. The Hall–Kier alpha value is -3.51. The van der Waals surface area contributed by atoms with Crippen LogP contribution in [-0.2, 0) is 6.54 Å². The maximum absolute atomic E-state index is 12.6. The monoisotopic (exact) mass is 400 g/mol. The smallest absolute Gasteiger partial charge is 0.251 e. The molecule has 0 bridgehead atoms. The molecule has 1 aliphatic carbocycles. The Balaban J connectivity index is 1.31. The van der Waals surface area contributed by atoms with E-state index in [1.807, 2.05) is 54.8 Å². The second-order valence-electron chi connectivity index (χ2n) is 6.84. The highest BCUT2D eigenvalue weighted by molar-refractivity contribution is 7.09. The Morgan fingerprint density at radius 3 is 2.62 bits per heavy atom. The van der Waals surface area contributed by atoms with Crippen LogP contribution in [0.4, 0.5) is 0 Å². The van der Waals surface area contributed by atoms with Gasteiger partial charge in [0, 0.05) is 22.1 Å². The summed E-state index contributed by atoms with van der Waals surface area (Å²) in [5.41, 5.74) is 4.28. The highest BCUT2D eigenvalue weighted by Crippen LogP contribution is 2.36. The van der Waals surface area contributed by atoms with Crippen LogP contribution in [-0.4, -0.2) is 16.7 Å². The number of carbonyl (C=O) groups is 2. The number of nitrogens with one attached hydrogen (secondary N) is 1. The van der Waals surface area contributed by atoms with Crippen LogP contribution < -0.4 is 5.32 Å². The lowest BCUT2D eigenvalue weighted by molar-refractivity contribution is 0.0948. The minimum Gasteiger partial charge on any atom is -0.458 e. The molecule has 1 N–H and O–H groups in total. The summed E-state index contributed by atoms with van der Waals surface area (Å²) in [6.07, 6.45) is 0. The van der Waals surface area contributed by atoms with Crippen LogP contribution in [0.3, 0.4) is 0 Å². The fourth-order valence-electron chi connectivity index (χ4n) is 3.53. The number of aryl methyl sites for hydroxylation is 1. The molecule has 2 aromatic heterocycles. The predicted octanol–water partition coefficient (Wildman–Crippen LogP) is 4.85. The van der Waals surface area contributed by atoms with E-state index >= 15 is 0 Å². The minimum atomic E-state index is -0.251. The van der Waals surface area contributed by atoms with Crippen molar-refractivity contribution in [3.05, 3.63) is 87.4 Å². The second kappa shape index (κ2) is 6.83. The normalized spacial score (nSPS) is 12.0. The van der Waals surface area contributed by atoms with Crippen molar-refractivity contribution in [2.75, 3.05) is 0 Å². The zero-order valence-corrected chi connectivity index (χ0v) is 16.4. The first-order valence-electron chi connectivity index (χ1n) is 9.18. The van der Waals surface area contributed by atoms with Gasteiger partial charge in [0.15, 0.2) is 11.5 Å². The van der Waals surface area contributed by atoms with Crippen molar-refractivity contribution in [1.82, 2.24) is 10.3 Å². The number of rotatable bonds is 4. The summed E-state index contributed by atoms with van der Waals surface area (Å²) >= 11 is 1.56. The van der Waals surface area contributed by atoms with E-state index in [0.29, 0.717) is 28.2 Å². The van der Waals surface area contributed by atoms with Gasteiger partial charge in [-0.05, 0) is 42.3 Å². The van der Waals surface area contributed by atoms with E-state index in [0.717, 1.165) is 21.8 Å². The topological polar surface area (TPSA) is 72.2 Å². The molecular weight excluding hydrogens is 384 g/mol. The van der Waals surface area contributed by atoms with Crippen LogP contribution in [0, 0.1) is 6.92 Å². The van der Waals surface area contributed by atoms with Gasteiger partial charge < -0.3 is 9.73 Å². The summed E-state index contributed by atoms with van der Waals surface area (Å²) in [6.45, 7) is 2.20. The molecule has 1 amide bonds. The summed E-state index contributed by atoms with van der Waals surface area (Å²) in [7, 11) is 0. The van der Waals surface area contributed by atoms with Gasteiger partial charge in [-0.2, -0.15) is 0 Å².